The van der Waals surface area contributed by atoms with E-state index in [0.29, 0.717) is 34.4 Å². The van der Waals surface area contributed by atoms with Crippen molar-refractivity contribution >= 4 is 50.5 Å². The lowest BCUT2D eigenvalue weighted by molar-refractivity contribution is 0.579. The molecule has 0 radical (unpaired) electrons. The van der Waals surface area contributed by atoms with E-state index < -0.39 is 16.3 Å². The highest BCUT2D eigenvalue weighted by molar-refractivity contribution is 7.95. The van der Waals surface area contributed by atoms with Gasteiger partial charge in [-0.2, -0.15) is 8.42 Å². The van der Waals surface area contributed by atoms with Crippen LogP contribution in [0.1, 0.15) is 18.0 Å². The molecule has 4 nitrogen and oxygen atoms in total. The number of alkyl halides is 1. The van der Waals surface area contributed by atoms with Crippen LogP contribution >= 0.6 is 23.2 Å². The van der Waals surface area contributed by atoms with Gasteiger partial charge in [0, 0.05) is 10.9 Å². The Kier molecular flexibility index (Phi) is 5.23. The summed E-state index contributed by atoms with van der Waals surface area (Å²) in [6, 6.07) is 23.3. The number of halogens is 2. The van der Waals surface area contributed by atoms with Crippen LogP contribution in [-0.2, 0) is 10.2 Å². The Labute approximate surface area is 175 Å². The summed E-state index contributed by atoms with van der Waals surface area (Å²) in [4.78, 5) is 0. The Balaban J connectivity index is 1.89. The number of hydrogen-bond acceptors (Lipinski definition) is 2. The zero-order valence-corrected chi connectivity index (χ0v) is 17.2. The molecule has 4 rings (SSSR count). The minimum absolute atomic E-state index is 0.342. The average Bonchev–Trinajstić information content (AvgIpc) is 2.94. The summed E-state index contributed by atoms with van der Waals surface area (Å²) in [5.41, 5.74) is 2.69. The SMILES string of the molecule is O=S1(=O)N(c2ccc(Cl)cc2)c2ccccc2N1[C@H](CCCl)c1ccccc1. The molecule has 0 aliphatic carbocycles. The minimum Gasteiger partial charge on any atom is -0.243 e. The summed E-state index contributed by atoms with van der Waals surface area (Å²) in [6.07, 6.45) is 0.494. The molecule has 0 N–H and O–H groups in total. The molecule has 0 saturated carbocycles. The first-order chi connectivity index (χ1) is 13.5. The van der Waals surface area contributed by atoms with Crippen LogP contribution in [0.15, 0.2) is 78.9 Å². The molecule has 3 aromatic carbocycles. The van der Waals surface area contributed by atoms with E-state index in [2.05, 4.69) is 0 Å². The van der Waals surface area contributed by atoms with Gasteiger partial charge in [-0.3, -0.25) is 0 Å². The van der Waals surface area contributed by atoms with E-state index in [1.165, 1.54) is 8.61 Å². The molecule has 0 aromatic heterocycles. The lowest BCUT2D eigenvalue weighted by Crippen LogP contribution is -2.38. The van der Waals surface area contributed by atoms with E-state index in [-0.39, 0.29) is 0 Å². The third kappa shape index (κ3) is 3.24. The maximum atomic E-state index is 13.7. The molecule has 0 fully saturated rings. The fourth-order valence-corrected chi connectivity index (χ4v) is 5.79. The molecule has 1 aliphatic rings. The van der Waals surface area contributed by atoms with Gasteiger partial charge in [-0.1, -0.05) is 54.1 Å². The first-order valence-corrected chi connectivity index (χ1v) is 11.1. The molecule has 28 heavy (non-hydrogen) atoms. The highest BCUT2D eigenvalue weighted by atomic mass is 35.5. The van der Waals surface area contributed by atoms with Crippen molar-refractivity contribution in [1.82, 2.24) is 0 Å². The number of benzene rings is 3. The van der Waals surface area contributed by atoms with Crippen molar-refractivity contribution in [3.63, 3.8) is 0 Å². The van der Waals surface area contributed by atoms with Crippen LogP contribution < -0.4 is 8.61 Å². The quantitative estimate of drug-likeness (QED) is 0.469. The van der Waals surface area contributed by atoms with E-state index in [1.807, 2.05) is 54.6 Å². The number of fused-ring (bicyclic) bond motifs is 1. The molecule has 7 heteroatoms. The minimum atomic E-state index is -3.86. The molecule has 1 aliphatic heterocycles. The van der Waals surface area contributed by atoms with E-state index >= 15 is 0 Å². The summed E-state index contributed by atoms with van der Waals surface area (Å²) < 4.78 is 30.2. The second kappa shape index (κ2) is 7.66. The van der Waals surface area contributed by atoms with Crippen LogP contribution in [-0.4, -0.2) is 14.3 Å². The second-order valence-electron chi connectivity index (χ2n) is 6.44. The lowest BCUT2D eigenvalue weighted by Gasteiger charge is -2.29. The van der Waals surface area contributed by atoms with Gasteiger partial charge in [-0.15, -0.1) is 11.6 Å². The van der Waals surface area contributed by atoms with Crippen LogP contribution in [0.4, 0.5) is 17.1 Å². The van der Waals surface area contributed by atoms with Crippen molar-refractivity contribution in [3.8, 4) is 0 Å². The predicted octanol–water partition coefficient (Wildman–Crippen LogP) is 5.91. The molecule has 0 spiro atoms. The fraction of sp³-hybridized carbons (Fsp3) is 0.143. The molecule has 0 saturated heterocycles. The van der Waals surface area contributed by atoms with Crippen molar-refractivity contribution in [3.05, 3.63) is 89.4 Å². The number of rotatable bonds is 5. The predicted molar refractivity (Wildman–Crippen MR) is 116 cm³/mol. The molecular formula is C21H18Cl2N2O2S. The number of hydrogen-bond donors (Lipinski definition) is 0. The molecule has 0 amide bonds. The third-order valence-electron chi connectivity index (χ3n) is 4.73. The molecule has 1 atom stereocenters. The first kappa shape index (κ1) is 19.1. The smallest absolute Gasteiger partial charge is 0.243 e. The van der Waals surface area contributed by atoms with E-state index in [1.54, 1.807) is 24.3 Å². The fourth-order valence-electron chi connectivity index (χ4n) is 3.53. The normalized spacial score (nSPS) is 16.1. The summed E-state index contributed by atoms with van der Waals surface area (Å²) in [5, 5.41) is 0.551. The second-order valence-corrected chi connectivity index (χ2v) is 8.91. The van der Waals surface area contributed by atoms with Crippen molar-refractivity contribution < 1.29 is 8.42 Å². The zero-order chi connectivity index (χ0) is 19.7. The molecule has 144 valence electrons. The van der Waals surface area contributed by atoms with Gasteiger partial charge >= 0.3 is 10.2 Å². The van der Waals surface area contributed by atoms with Crippen LogP contribution in [0.5, 0.6) is 0 Å². The standard InChI is InChI=1S/C21H18Cl2N2O2S/c22-15-14-19(16-6-2-1-3-7-16)25-21-9-5-4-8-20(21)24(28(25,26)27)18-12-10-17(23)11-13-18/h1-13,19H,14-15H2/t19-/m1/s1. The topological polar surface area (TPSA) is 40.6 Å². The highest BCUT2D eigenvalue weighted by Crippen LogP contribution is 2.49. The summed E-state index contributed by atoms with van der Waals surface area (Å²) in [7, 11) is -3.86. The first-order valence-electron chi connectivity index (χ1n) is 8.84. The number of nitrogens with zero attached hydrogens (tertiary/aromatic N) is 2. The van der Waals surface area contributed by atoms with Crippen LogP contribution in [0.2, 0.25) is 5.02 Å². The lowest BCUT2D eigenvalue weighted by atomic mass is 10.0. The van der Waals surface area contributed by atoms with Gasteiger partial charge in [-0.25, -0.2) is 8.61 Å². The molecule has 1 heterocycles. The van der Waals surface area contributed by atoms with Crippen LogP contribution in [0, 0.1) is 0 Å². The summed E-state index contributed by atoms with van der Waals surface area (Å²) in [6.45, 7) is 0. The molecule has 3 aromatic rings. The van der Waals surface area contributed by atoms with Gasteiger partial charge in [-0.05, 0) is 48.4 Å². The zero-order valence-electron chi connectivity index (χ0n) is 14.9. The van der Waals surface area contributed by atoms with Gasteiger partial charge < -0.3 is 0 Å². The molecular weight excluding hydrogens is 415 g/mol. The third-order valence-corrected chi connectivity index (χ3v) is 7.02. The Morgan fingerprint density at radius 1 is 0.821 bits per heavy atom. The highest BCUT2D eigenvalue weighted by Gasteiger charge is 2.44. The number of anilines is 3. The van der Waals surface area contributed by atoms with Crippen LogP contribution in [0.25, 0.3) is 0 Å². The van der Waals surface area contributed by atoms with Gasteiger partial charge in [0.25, 0.3) is 0 Å². The van der Waals surface area contributed by atoms with Crippen molar-refractivity contribution in [2.75, 3.05) is 14.5 Å². The van der Waals surface area contributed by atoms with E-state index in [9.17, 15) is 8.42 Å². The Morgan fingerprint density at radius 2 is 1.43 bits per heavy atom. The Bertz CT molecular complexity index is 1070. The van der Waals surface area contributed by atoms with Gasteiger partial charge in [0.2, 0.25) is 0 Å². The largest absolute Gasteiger partial charge is 0.331 e. The monoisotopic (exact) mass is 432 g/mol. The maximum absolute atomic E-state index is 13.7. The van der Waals surface area contributed by atoms with Crippen molar-refractivity contribution in [2.45, 2.75) is 12.5 Å². The van der Waals surface area contributed by atoms with Gasteiger partial charge in [0.15, 0.2) is 0 Å². The van der Waals surface area contributed by atoms with Crippen molar-refractivity contribution in [2.24, 2.45) is 0 Å². The molecule has 0 unspecified atom stereocenters. The van der Waals surface area contributed by atoms with Gasteiger partial charge in [0.05, 0.1) is 23.1 Å². The Hall–Kier alpha value is -2.21. The van der Waals surface area contributed by atoms with E-state index in [0.717, 1.165) is 5.56 Å². The Morgan fingerprint density at radius 3 is 2.07 bits per heavy atom. The average molecular weight is 433 g/mol. The van der Waals surface area contributed by atoms with E-state index in [4.69, 9.17) is 23.2 Å². The van der Waals surface area contributed by atoms with Crippen LogP contribution in [0.3, 0.4) is 0 Å². The van der Waals surface area contributed by atoms with Gasteiger partial charge in [0.1, 0.15) is 0 Å². The number of para-hydroxylation sites is 2. The maximum Gasteiger partial charge on any atom is 0.331 e. The summed E-state index contributed by atoms with van der Waals surface area (Å²) in [5.74, 6) is 0.342. The van der Waals surface area contributed by atoms with Crippen molar-refractivity contribution in [1.29, 1.82) is 0 Å². The molecule has 0 bridgehead atoms. The summed E-state index contributed by atoms with van der Waals surface area (Å²) >= 11 is 12.1.